The van der Waals surface area contributed by atoms with Gasteiger partial charge < -0.3 is 15.0 Å². The van der Waals surface area contributed by atoms with Crippen LogP contribution >= 0.6 is 0 Å². The highest BCUT2D eigenvalue weighted by atomic mass is 16.5. The molecule has 0 radical (unpaired) electrons. The molecule has 1 aliphatic heterocycles. The van der Waals surface area contributed by atoms with Gasteiger partial charge in [0.1, 0.15) is 0 Å². The molecular formula is C16H24N2O2. The van der Waals surface area contributed by atoms with Gasteiger partial charge in [-0.2, -0.15) is 0 Å². The summed E-state index contributed by atoms with van der Waals surface area (Å²) in [6.45, 7) is 6.51. The Kier molecular flexibility index (Phi) is 6.02. The zero-order valence-corrected chi connectivity index (χ0v) is 12.2. The number of carbonyl (C=O) groups excluding carboxylic acids is 1. The summed E-state index contributed by atoms with van der Waals surface area (Å²) in [6, 6.07) is 8.62. The van der Waals surface area contributed by atoms with E-state index in [1.165, 1.54) is 11.1 Å². The molecule has 20 heavy (non-hydrogen) atoms. The van der Waals surface area contributed by atoms with E-state index in [2.05, 4.69) is 36.5 Å². The zero-order valence-electron chi connectivity index (χ0n) is 12.2. The topological polar surface area (TPSA) is 41.6 Å². The maximum absolute atomic E-state index is 11.9. The lowest BCUT2D eigenvalue weighted by atomic mass is 10.1. The molecule has 0 spiro atoms. The third kappa shape index (κ3) is 4.62. The summed E-state index contributed by atoms with van der Waals surface area (Å²) in [6.07, 6.45) is 1.63. The molecule has 0 unspecified atom stereocenters. The minimum absolute atomic E-state index is 0.224. The fourth-order valence-electron chi connectivity index (χ4n) is 2.29. The molecule has 110 valence electrons. The Morgan fingerprint density at radius 1 is 1.20 bits per heavy atom. The maximum atomic E-state index is 11.9. The normalized spacial score (nSPS) is 15.3. The lowest BCUT2D eigenvalue weighted by molar-refractivity contribution is -0.135. The molecule has 1 aromatic carbocycles. The first kappa shape index (κ1) is 15.0. The van der Waals surface area contributed by atoms with Crippen LogP contribution in [0.25, 0.3) is 0 Å². The molecule has 0 aromatic heterocycles. The summed E-state index contributed by atoms with van der Waals surface area (Å²) in [5, 5.41) is 3.33. The van der Waals surface area contributed by atoms with Crippen LogP contribution in [-0.2, 0) is 22.5 Å². The predicted molar refractivity (Wildman–Crippen MR) is 79.5 cm³/mol. The number of nitrogens with zero attached hydrogens (tertiary/aromatic N) is 1. The second-order valence-corrected chi connectivity index (χ2v) is 5.09. The molecule has 1 N–H and O–H groups in total. The van der Waals surface area contributed by atoms with E-state index in [0.717, 1.165) is 32.6 Å². The molecule has 2 rings (SSSR count). The first-order chi connectivity index (χ1) is 9.79. The van der Waals surface area contributed by atoms with Gasteiger partial charge in [-0.1, -0.05) is 31.2 Å². The van der Waals surface area contributed by atoms with Crippen LogP contribution in [0, 0.1) is 0 Å². The van der Waals surface area contributed by atoms with Crippen molar-refractivity contribution in [2.75, 3.05) is 32.8 Å². The number of carbonyl (C=O) groups is 1. The van der Waals surface area contributed by atoms with E-state index in [-0.39, 0.29) is 5.91 Å². The summed E-state index contributed by atoms with van der Waals surface area (Å²) in [5.41, 5.74) is 2.62. The number of amides is 1. The van der Waals surface area contributed by atoms with Crippen LogP contribution in [0.3, 0.4) is 0 Å². The van der Waals surface area contributed by atoms with Crippen LogP contribution in [0.15, 0.2) is 24.3 Å². The number of benzene rings is 1. The molecule has 0 bridgehead atoms. The van der Waals surface area contributed by atoms with Gasteiger partial charge in [0.25, 0.3) is 0 Å². The van der Waals surface area contributed by atoms with Gasteiger partial charge in [-0.05, 0) is 17.5 Å². The van der Waals surface area contributed by atoms with Gasteiger partial charge in [0.15, 0.2) is 0 Å². The summed E-state index contributed by atoms with van der Waals surface area (Å²) in [5.74, 6) is 0.224. The zero-order chi connectivity index (χ0) is 14.2. The highest BCUT2D eigenvalue weighted by Gasteiger charge is 2.15. The van der Waals surface area contributed by atoms with Gasteiger partial charge in [0.05, 0.1) is 13.2 Å². The van der Waals surface area contributed by atoms with Gasteiger partial charge in [-0.25, -0.2) is 0 Å². The van der Waals surface area contributed by atoms with Gasteiger partial charge in [0, 0.05) is 32.6 Å². The third-order valence-corrected chi connectivity index (χ3v) is 3.64. The van der Waals surface area contributed by atoms with Crippen molar-refractivity contribution < 1.29 is 9.53 Å². The largest absolute Gasteiger partial charge is 0.378 e. The second kappa shape index (κ2) is 8.02. The molecule has 1 heterocycles. The third-order valence-electron chi connectivity index (χ3n) is 3.64. The molecule has 1 amide bonds. The Hall–Kier alpha value is -1.39. The molecule has 4 heteroatoms. The van der Waals surface area contributed by atoms with Gasteiger partial charge in [-0.15, -0.1) is 0 Å². The first-order valence-corrected chi connectivity index (χ1v) is 7.43. The number of aryl methyl sites for hydroxylation is 1. The molecule has 1 aromatic rings. The minimum atomic E-state index is 0.224. The summed E-state index contributed by atoms with van der Waals surface area (Å²) in [7, 11) is 0. The van der Waals surface area contributed by atoms with Crippen molar-refractivity contribution in [1.29, 1.82) is 0 Å². The number of rotatable bonds is 6. The number of nitrogens with one attached hydrogen (secondary N) is 1. The van der Waals surface area contributed by atoms with E-state index < -0.39 is 0 Å². The van der Waals surface area contributed by atoms with Crippen LogP contribution in [-0.4, -0.2) is 43.7 Å². The molecule has 1 fully saturated rings. The van der Waals surface area contributed by atoms with Crippen molar-refractivity contribution in [1.82, 2.24) is 10.2 Å². The van der Waals surface area contributed by atoms with E-state index in [0.29, 0.717) is 19.6 Å². The number of hydrogen-bond acceptors (Lipinski definition) is 3. The molecule has 1 aliphatic rings. The van der Waals surface area contributed by atoms with E-state index in [1.807, 2.05) is 4.90 Å². The summed E-state index contributed by atoms with van der Waals surface area (Å²) < 4.78 is 5.24. The van der Waals surface area contributed by atoms with Crippen molar-refractivity contribution in [2.24, 2.45) is 0 Å². The predicted octanol–water partition coefficient (Wildman–Crippen LogP) is 1.59. The van der Waals surface area contributed by atoms with Crippen LogP contribution in [0.5, 0.6) is 0 Å². The maximum Gasteiger partial charge on any atom is 0.224 e. The van der Waals surface area contributed by atoms with Crippen LogP contribution in [0.1, 0.15) is 24.5 Å². The highest BCUT2D eigenvalue weighted by Crippen LogP contribution is 2.05. The van der Waals surface area contributed by atoms with Gasteiger partial charge in [-0.3, -0.25) is 4.79 Å². The van der Waals surface area contributed by atoms with E-state index >= 15 is 0 Å². The second-order valence-electron chi connectivity index (χ2n) is 5.09. The van der Waals surface area contributed by atoms with Crippen LogP contribution < -0.4 is 5.32 Å². The Morgan fingerprint density at radius 2 is 1.85 bits per heavy atom. The minimum Gasteiger partial charge on any atom is -0.378 e. The lowest BCUT2D eigenvalue weighted by Gasteiger charge is -2.26. The number of hydrogen-bond donors (Lipinski definition) is 1. The molecule has 4 nitrogen and oxygen atoms in total. The molecular weight excluding hydrogens is 252 g/mol. The monoisotopic (exact) mass is 276 g/mol. The molecule has 1 saturated heterocycles. The highest BCUT2D eigenvalue weighted by molar-refractivity contribution is 5.76. The van der Waals surface area contributed by atoms with E-state index in [9.17, 15) is 4.79 Å². The Balaban J connectivity index is 1.64. The van der Waals surface area contributed by atoms with Crippen LogP contribution in [0.2, 0.25) is 0 Å². The first-order valence-electron chi connectivity index (χ1n) is 7.43. The number of morpholine rings is 1. The van der Waals surface area contributed by atoms with Crippen molar-refractivity contribution in [3.8, 4) is 0 Å². The summed E-state index contributed by atoms with van der Waals surface area (Å²) >= 11 is 0. The standard InChI is InChI=1S/C16H24N2O2/c1-2-14-3-5-15(6-4-14)13-17-8-7-16(19)18-9-11-20-12-10-18/h3-6,17H,2,7-13H2,1H3. The average Bonchev–Trinajstić information content (AvgIpc) is 2.53. The van der Waals surface area contributed by atoms with Gasteiger partial charge >= 0.3 is 0 Å². The van der Waals surface area contributed by atoms with Crippen LogP contribution in [0.4, 0.5) is 0 Å². The van der Waals surface area contributed by atoms with E-state index in [1.54, 1.807) is 0 Å². The Labute approximate surface area is 121 Å². The molecule has 0 aliphatic carbocycles. The Bertz CT molecular complexity index is 411. The average molecular weight is 276 g/mol. The molecule has 0 saturated carbocycles. The van der Waals surface area contributed by atoms with Crippen molar-refractivity contribution in [3.05, 3.63) is 35.4 Å². The van der Waals surface area contributed by atoms with Crippen molar-refractivity contribution in [3.63, 3.8) is 0 Å². The van der Waals surface area contributed by atoms with Crippen molar-refractivity contribution >= 4 is 5.91 Å². The smallest absolute Gasteiger partial charge is 0.224 e. The Morgan fingerprint density at radius 3 is 2.50 bits per heavy atom. The molecule has 0 atom stereocenters. The van der Waals surface area contributed by atoms with E-state index in [4.69, 9.17) is 4.74 Å². The fourth-order valence-corrected chi connectivity index (χ4v) is 2.29. The van der Waals surface area contributed by atoms with Crippen molar-refractivity contribution in [2.45, 2.75) is 26.3 Å². The fraction of sp³-hybridized carbons (Fsp3) is 0.562. The quantitative estimate of drug-likeness (QED) is 0.802. The van der Waals surface area contributed by atoms with Gasteiger partial charge in [0.2, 0.25) is 5.91 Å². The number of ether oxygens (including phenoxy) is 1. The SMILES string of the molecule is CCc1ccc(CNCCC(=O)N2CCOCC2)cc1. The lowest BCUT2D eigenvalue weighted by Crippen LogP contribution is -2.41. The summed E-state index contributed by atoms with van der Waals surface area (Å²) in [4.78, 5) is 13.8.